The number of fused-ring (bicyclic) bond motifs is 5. The fourth-order valence-electron chi connectivity index (χ4n) is 2.18. The summed E-state index contributed by atoms with van der Waals surface area (Å²) in [5, 5.41) is 0. The standard InChI is InChI=1S/C11H6BrF3O4S/c12-5-3-6-7-1-2-8(18-7)10(6)9(4-5)19-20(16,17)11(13,14)15/h1-4,7-8H. The molecule has 2 atom stereocenters. The van der Waals surface area contributed by atoms with Crippen LogP contribution in [0, 0.1) is 0 Å². The largest absolute Gasteiger partial charge is 0.534 e. The van der Waals surface area contributed by atoms with E-state index in [9.17, 15) is 21.6 Å². The smallest absolute Gasteiger partial charge is 0.376 e. The average Bonchev–Trinajstić information content (AvgIpc) is 2.86. The van der Waals surface area contributed by atoms with Crippen LogP contribution in [-0.4, -0.2) is 13.9 Å². The van der Waals surface area contributed by atoms with E-state index in [0.29, 0.717) is 15.6 Å². The van der Waals surface area contributed by atoms with Crippen molar-refractivity contribution >= 4 is 26.0 Å². The lowest BCUT2D eigenvalue weighted by Gasteiger charge is -2.15. The molecule has 2 heterocycles. The Morgan fingerprint density at radius 1 is 1.20 bits per heavy atom. The molecule has 108 valence electrons. The molecule has 1 aromatic rings. The van der Waals surface area contributed by atoms with Gasteiger partial charge in [0.15, 0.2) is 5.75 Å². The number of halogens is 4. The highest BCUT2D eigenvalue weighted by atomic mass is 79.9. The van der Waals surface area contributed by atoms with Crippen LogP contribution in [0.25, 0.3) is 0 Å². The quantitative estimate of drug-likeness (QED) is 0.455. The van der Waals surface area contributed by atoms with Gasteiger partial charge in [-0.2, -0.15) is 21.6 Å². The molecule has 2 bridgehead atoms. The Morgan fingerprint density at radius 2 is 1.85 bits per heavy atom. The van der Waals surface area contributed by atoms with Gasteiger partial charge in [0.2, 0.25) is 0 Å². The molecule has 20 heavy (non-hydrogen) atoms. The Morgan fingerprint density at radius 3 is 2.50 bits per heavy atom. The normalized spacial score (nSPS) is 24.0. The lowest BCUT2D eigenvalue weighted by Crippen LogP contribution is -2.28. The summed E-state index contributed by atoms with van der Waals surface area (Å²) in [6.45, 7) is 0. The topological polar surface area (TPSA) is 52.6 Å². The fraction of sp³-hybridized carbons (Fsp3) is 0.273. The number of alkyl halides is 3. The Balaban J connectivity index is 2.08. The van der Waals surface area contributed by atoms with Crippen LogP contribution in [-0.2, 0) is 14.9 Å². The predicted octanol–water partition coefficient (Wildman–Crippen LogP) is 3.36. The zero-order chi connectivity index (χ0) is 14.7. The van der Waals surface area contributed by atoms with Crippen LogP contribution < -0.4 is 4.18 Å². The summed E-state index contributed by atoms with van der Waals surface area (Å²) in [5.74, 6) is -0.372. The summed E-state index contributed by atoms with van der Waals surface area (Å²) < 4.78 is 69.5. The summed E-state index contributed by atoms with van der Waals surface area (Å²) in [7, 11) is -5.71. The van der Waals surface area contributed by atoms with Crippen LogP contribution in [0.4, 0.5) is 13.2 Å². The van der Waals surface area contributed by atoms with Gasteiger partial charge in [-0.25, -0.2) is 0 Å². The zero-order valence-electron chi connectivity index (χ0n) is 9.52. The van der Waals surface area contributed by atoms with Crippen LogP contribution in [0.2, 0.25) is 0 Å². The molecule has 0 saturated carbocycles. The molecule has 0 amide bonds. The molecule has 0 aromatic heterocycles. The van der Waals surface area contributed by atoms with Gasteiger partial charge in [0.25, 0.3) is 0 Å². The molecule has 0 radical (unpaired) electrons. The minimum atomic E-state index is -5.71. The Bertz CT molecular complexity index is 711. The first-order chi connectivity index (χ1) is 9.19. The lowest BCUT2D eigenvalue weighted by molar-refractivity contribution is -0.0500. The van der Waals surface area contributed by atoms with Crippen LogP contribution in [0.5, 0.6) is 5.75 Å². The van der Waals surface area contributed by atoms with Crippen LogP contribution in [0.1, 0.15) is 23.3 Å². The monoisotopic (exact) mass is 370 g/mol. The van der Waals surface area contributed by atoms with Crippen molar-refractivity contribution < 1.29 is 30.5 Å². The minimum absolute atomic E-state index is 0.313. The fourth-order valence-corrected chi connectivity index (χ4v) is 3.10. The highest BCUT2D eigenvalue weighted by molar-refractivity contribution is 9.10. The zero-order valence-corrected chi connectivity index (χ0v) is 11.9. The van der Waals surface area contributed by atoms with E-state index < -0.39 is 21.7 Å². The van der Waals surface area contributed by atoms with Crippen molar-refractivity contribution in [2.45, 2.75) is 17.7 Å². The van der Waals surface area contributed by atoms with Crippen molar-refractivity contribution in [2.75, 3.05) is 0 Å². The molecule has 2 aliphatic rings. The molecule has 0 aliphatic carbocycles. The van der Waals surface area contributed by atoms with Crippen molar-refractivity contribution in [1.29, 1.82) is 0 Å². The molecule has 4 nitrogen and oxygen atoms in total. The van der Waals surface area contributed by atoms with Gasteiger partial charge in [-0.15, -0.1) is 0 Å². The van der Waals surface area contributed by atoms with Crippen molar-refractivity contribution in [1.82, 2.24) is 0 Å². The van der Waals surface area contributed by atoms with E-state index >= 15 is 0 Å². The van der Waals surface area contributed by atoms with E-state index in [-0.39, 0.29) is 11.9 Å². The van der Waals surface area contributed by atoms with Gasteiger partial charge in [0.05, 0.1) is 0 Å². The Kier molecular flexibility index (Phi) is 2.93. The molecule has 0 fully saturated rings. The van der Waals surface area contributed by atoms with Crippen molar-refractivity contribution in [3.05, 3.63) is 39.9 Å². The molecule has 1 aromatic carbocycles. The summed E-state index contributed by atoms with van der Waals surface area (Å²) in [4.78, 5) is 0. The second-order valence-corrected chi connectivity index (χ2v) is 6.71. The Labute approximate surface area is 120 Å². The molecule has 0 spiro atoms. The van der Waals surface area contributed by atoms with E-state index in [1.165, 1.54) is 6.07 Å². The Hall–Kier alpha value is -1.06. The SMILES string of the molecule is O=S(=O)(Oc1cc(Br)cc2c1C1C=CC2O1)C(F)(F)F. The third-order valence-electron chi connectivity index (χ3n) is 2.97. The molecule has 2 aliphatic heterocycles. The maximum absolute atomic E-state index is 12.4. The first-order valence-electron chi connectivity index (χ1n) is 5.37. The number of benzene rings is 1. The molecule has 0 saturated heterocycles. The molecule has 3 rings (SSSR count). The van der Waals surface area contributed by atoms with E-state index in [1.807, 2.05) is 0 Å². The third-order valence-corrected chi connectivity index (χ3v) is 4.39. The minimum Gasteiger partial charge on any atom is -0.376 e. The van der Waals surface area contributed by atoms with Crippen molar-refractivity contribution in [3.8, 4) is 5.75 Å². The van der Waals surface area contributed by atoms with Gasteiger partial charge in [-0.05, 0) is 17.7 Å². The molecule has 9 heteroatoms. The van der Waals surface area contributed by atoms with Gasteiger partial charge in [-0.1, -0.05) is 28.1 Å². The number of rotatable bonds is 2. The molecule has 2 unspecified atom stereocenters. The number of ether oxygens (including phenoxy) is 1. The molecular formula is C11H6BrF3O4S. The van der Waals surface area contributed by atoms with Gasteiger partial charge < -0.3 is 8.92 Å². The summed E-state index contributed by atoms with van der Waals surface area (Å²) in [6.07, 6.45) is 2.43. The van der Waals surface area contributed by atoms with Crippen LogP contribution in [0.3, 0.4) is 0 Å². The third kappa shape index (κ3) is 2.04. The lowest BCUT2D eigenvalue weighted by atomic mass is 9.96. The van der Waals surface area contributed by atoms with Crippen LogP contribution >= 0.6 is 15.9 Å². The number of hydrogen-bond acceptors (Lipinski definition) is 4. The summed E-state index contributed by atoms with van der Waals surface area (Å²) >= 11 is 3.11. The maximum Gasteiger partial charge on any atom is 0.534 e. The summed E-state index contributed by atoms with van der Waals surface area (Å²) in [6, 6.07) is 2.84. The summed E-state index contributed by atoms with van der Waals surface area (Å²) in [5.41, 5.74) is -4.57. The second-order valence-electron chi connectivity index (χ2n) is 4.25. The highest BCUT2D eigenvalue weighted by Gasteiger charge is 2.49. The van der Waals surface area contributed by atoms with Crippen molar-refractivity contribution in [2.24, 2.45) is 0 Å². The van der Waals surface area contributed by atoms with Gasteiger partial charge in [-0.3, -0.25) is 0 Å². The van der Waals surface area contributed by atoms with E-state index in [4.69, 9.17) is 4.74 Å². The van der Waals surface area contributed by atoms with Gasteiger partial charge in [0, 0.05) is 10.0 Å². The maximum atomic E-state index is 12.4. The van der Waals surface area contributed by atoms with Gasteiger partial charge in [0.1, 0.15) is 12.2 Å². The number of hydrogen-bond donors (Lipinski definition) is 0. The van der Waals surface area contributed by atoms with Crippen molar-refractivity contribution in [3.63, 3.8) is 0 Å². The van der Waals surface area contributed by atoms with E-state index in [1.54, 1.807) is 18.2 Å². The molecular weight excluding hydrogens is 365 g/mol. The van der Waals surface area contributed by atoms with Gasteiger partial charge >= 0.3 is 15.6 Å². The molecule has 0 N–H and O–H groups in total. The highest BCUT2D eigenvalue weighted by Crippen LogP contribution is 2.51. The first-order valence-corrected chi connectivity index (χ1v) is 7.57. The van der Waals surface area contributed by atoms with Crippen LogP contribution in [0.15, 0.2) is 28.8 Å². The second kappa shape index (κ2) is 4.22. The van der Waals surface area contributed by atoms with E-state index in [2.05, 4.69) is 20.1 Å². The average molecular weight is 371 g/mol. The van der Waals surface area contributed by atoms with E-state index in [0.717, 1.165) is 0 Å². The predicted molar refractivity (Wildman–Crippen MR) is 65.5 cm³/mol. The first kappa shape index (κ1) is 13.9.